The zero-order valence-electron chi connectivity index (χ0n) is 16.1. The van der Waals surface area contributed by atoms with Crippen molar-refractivity contribution in [1.29, 1.82) is 0 Å². The van der Waals surface area contributed by atoms with E-state index in [2.05, 4.69) is 22.5 Å². The van der Waals surface area contributed by atoms with Gasteiger partial charge in [0.25, 0.3) is 11.1 Å². The van der Waals surface area contributed by atoms with Crippen molar-refractivity contribution in [3.05, 3.63) is 75.1 Å². The van der Waals surface area contributed by atoms with Crippen molar-refractivity contribution in [2.45, 2.75) is 13.5 Å². The van der Waals surface area contributed by atoms with Crippen LogP contribution < -0.4 is 9.47 Å². The number of methoxy groups -OCH3 is 1. The minimum Gasteiger partial charge on any atom is -0.493 e. The molecule has 0 aliphatic carbocycles. The van der Waals surface area contributed by atoms with Crippen LogP contribution in [0.1, 0.15) is 16.7 Å². The second kappa shape index (κ2) is 9.33. The average molecular weight is 474 g/mol. The molecule has 1 fully saturated rings. The van der Waals surface area contributed by atoms with Gasteiger partial charge in [-0.1, -0.05) is 51.8 Å². The summed E-state index contributed by atoms with van der Waals surface area (Å²) in [6.45, 7) is 6.22. The molecule has 3 rings (SSSR count). The highest BCUT2D eigenvalue weighted by atomic mass is 79.9. The first-order valence-corrected chi connectivity index (χ1v) is 10.5. The molecule has 2 amide bonds. The van der Waals surface area contributed by atoms with Crippen LogP contribution in [0.3, 0.4) is 0 Å². The molecule has 1 aliphatic rings. The Balaban J connectivity index is 1.83. The van der Waals surface area contributed by atoms with Crippen LogP contribution in [-0.4, -0.2) is 29.7 Å². The minimum absolute atomic E-state index is 0.193. The third kappa shape index (κ3) is 4.92. The highest BCUT2D eigenvalue weighted by Gasteiger charge is 2.34. The number of halogens is 1. The topological polar surface area (TPSA) is 55.8 Å². The molecule has 0 atom stereocenters. The van der Waals surface area contributed by atoms with Crippen LogP contribution in [0.4, 0.5) is 4.79 Å². The third-order valence-corrected chi connectivity index (χ3v) is 5.86. The highest BCUT2D eigenvalue weighted by Crippen LogP contribution is 2.38. The van der Waals surface area contributed by atoms with Gasteiger partial charge in [0.05, 0.1) is 12.0 Å². The van der Waals surface area contributed by atoms with E-state index in [-0.39, 0.29) is 17.7 Å². The Bertz CT molecular complexity index is 985. The van der Waals surface area contributed by atoms with Crippen LogP contribution in [0, 0.1) is 6.92 Å². The summed E-state index contributed by atoms with van der Waals surface area (Å²) >= 11 is 4.43. The number of thioether (sulfide) groups is 1. The number of carbonyl (C=O) groups excluding carboxylic acids is 2. The van der Waals surface area contributed by atoms with Crippen molar-refractivity contribution in [2.24, 2.45) is 0 Å². The molecule has 2 aromatic carbocycles. The Morgan fingerprint density at radius 2 is 1.90 bits per heavy atom. The molecule has 2 aromatic rings. The summed E-state index contributed by atoms with van der Waals surface area (Å²) in [7, 11) is 1.56. The molecule has 0 saturated carbocycles. The predicted octanol–water partition coefficient (Wildman–Crippen LogP) is 5.57. The number of aryl methyl sites for hydroxylation is 1. The number of hydrogen-bond acceptors (Lipinski definition) is 5. The van der Waals surface area contributed by atoms with Gasteiger partial charge < -0.3 is 9.47 Å². The smallest absolute Gasteiger partial charge is 0.293 e. The molecule has 1 saturated heterocycles. The molecule has 0 N–H and O–H groups in total. The number of hydrogen-bond donors (Lipinski definition) is 0. The van der Waals surface area contributed by atoms with Gasteiger partial charge in [-0.15, -0.1) is 6.58 Å². The standard InChI is InChI=1S/C22H20BrNO4S/c1-4-9-24-21(25)20(29-22(24)26)11-16-10-18(27-3)19(12-17(16)23)28-13-15-7-5-14(2)6-8-15/h4-8,10-12H,1,9,13H2,2-3H3/b20-11+. The molecule has 0 bridgehead atoms. The molecular weight excluding hydrogens is 454 g/mol. The summed E-state index contributed by atoms with van der Waals surface area (Å²) < 4.78 is 12.1. The first-order valence-electron chi connectivity index (χ1n) is 8.85. The second-order valence-electron chi connectivity index (χ2n) is 6.38. The fourth-order valence-corrected chi connectivity index (χ4v) is 3.98. The van der Waals surface area contributed by atoms with Crippen LogP contribution in [0.5, 0.6) is 11.5 Å². The SMILES string of the molecule is C=CCN1C(=O)S/C(=C/c2cc(OC)c(OCc3ccc(C)cc3)cc2Br)C1=O. The fraction of sp³-hybridized carbons (Fsp3) is 0.182. The van der Waals surface area contributed by atoms with Crippen LogP contribution in [0.25, 0.3) is 6.08 Å². The summed E-state index contributed by atoms with van der Waals surface area (Å²) in [5.41, 5.74) is 2.96. The normalized spacial score (nSPS) is 15.1. The van der Waals surface area contributed by atoms with Gasteiger partial charge in [-0.3, -0.25) is 14.5 Å². The number of ether oxygens (including phenoxy) is 2. The number of nitrogens with zero attached hydrogens (tertiary/aromatic N) is 1. The second-order valence-corrected chi connectivity index (χ2v) is 8.23. The van der Waals surface area contributed by atoms with Crippen molar-refractivity contribution >= 4 is 44.9 Å². The number of benzene rings is 2. The summed E-state index contributed by atoms with van der Waals surface area (Å²) in [5.74, 6) is 0.791. The average Bonchev–Trinajstić information content (AvgIpc) is 2.97. The number of imide groups is 1. The van der Waals surface area contributed by atoms with Crippen molar-refractivity contribution in [1.82, 2.24) is 4.90 Å². The lowest BCUT2D eigenvalue weighted by Gasteiger charge is -2.13. The Kier molecular flexibility index (Phi) is 6.82. The van der Waals surface area contributed by atoms with Gasteiger partial charge in [0.2, 0.25) is 0 Å². The maximum atomic E-state index is 12.4. The number of carbonyl (C=O) groups is 2. The molecule has 29 heavy (non-hydrogen) atoms. The van der Waals surface area contributed by atoms with Crippen LogP contribution in [0.2, 0.25) is 0 Å². The Morgan fingerprint density at radius 3 is 2.55 bits per heavy atom. The first-order chi connectivity index (χ1) is 13.9. The zero-order chi connectivity index (χ0) is 21.0. The van der Waals surface area contributed by atoms with Gasteiger partial charge in [0.1, 0.15) is 6.61 Å². The predicted molar refractivity (Wildman–Crippen MR) is 119 cm³/mol. The largest absolute Gasteiger partial charge is 0.493 e. The van der Waals surface area contributed by atoms with Gasteiger partial charge in [-0.05, 0) is 48.0 Å². The molecule has 0 unspecified atom stereocenters. The van der Waals surface area contributed by atoms with E-state index in [1.807, 2.05) is 31.2 Å². The molecule has 0 aromatic heterocycles. The molecular formula is C22H20BrNO4S. The molecule has 150 valence electrons. The lowest BCUT2D eigenvalue weighted by molar-refractivity contribution is -0.122. The number of rotatable bonds is 7. The quantitative estimate of drug-likeness (QED) is 0.388. The van der Waals surface area contributed by atoms with Crippen LogP contribution in [0.15, 0.2) is 58.4 Å². The van der Waals surface area contributed by atoms with Crippen molar-refractivity contribution in [3.63, 3.8) is 0 Å². The van der Waals surface area contributed by atoms with Crippen LogP contribution >= 0.6 is 27.7 Å². The van der Waals surface area contributed by atoms with Crippen molar-refractivity contribution < 1.29 is 19.1 Å². The molecule has 1 aliphatic heterocycles. The first kappa shape index (κ1) is 21.2. The van der Waals surface area contributed by atoms with Gasteiger partial charge >= 0.3 is 0 Å². The third-order valence-electron chi connectivity index (χ3n) is 4.27. The Hall–Kier alpha value is -2.51. The lowest BCUT2D eigenvalue weighted by atomic mass is 10.1. The maximum absolute atomic E-state index is 12.4. The van der Waals surface area contributed by atoms with E-state index in [0.29, 0.717) is 28.6 Å². The minimum atomic E-state index is -0.328. The van der Waals surface area contributed by atoms with Crippen LogP contribution in [-0.2, 0) is 11.4 Å². The van der Waals surface area contributed by atoms with E-state index in [1.165, 1.54) is 11.6 Å². The van der Waals surface area contributed by atoms with Gasteiger partial charge in [0, 0.05) is 11.0 Å². The molecule has 0 radical (unpaired) electrons. The van der Waals surface area contributed by atoms with E-state index < -0.39 is 0 Å². The van der Waals surface area contributed by atoms with E-state index >= 15 is 0 Å². The van der Waals surface area contributed by atoms with E-state index in [4.69, 9.17) is 9.47 Å². The number of amides is 2. The fourth-order valence-electron chi connectivity index (χ4n) is 2.71. The molecule has 1 heterocycles. The maximum Gasteiger partial charge on any atom is 0.293 e. The lowest BCUT2D eigenvalue weighted by Crippen LogP contribution is -2.27. The summed E-state index contributed by atoms with van der Waals surface area (Å²) in [6.07, 6.45) is 3.20. The monoisotopic (exact) mass is 473 g/mol. The zero-order valence-corrected chi connectivity index (χ0v) is 18.5. The Labute approximate surface area is 182 Å². The van der Waals surface area contributed by atoms with Crippen molar-refractivity contribution in [3.8, 4) is 11.5 Å². The van der Waals surface area contributed by atoms with Gasteiger partial charge in [-0.2, -0.15) is 0 Å². The van der Waals surface area contributed by atoms with Gasteiger partial charge in [0.15, 0.2) is 11.5 Å². The molecule has 7 heteroatoms. The van der Waals surface area contributed by atoms with Crippen molar-refractivity contribution in [2.75, 3.05) is 13.7 Å². The van der Waals surface area contributed by atoms with Gasteiger partial charge in [-0.25, -0.2) is 0 Å². The summed E-state index contributed by atoms with van der Waals surface area (Å²) in [6, 6.07) is 11.7. The summed E-state index contributed by atoms with van der Waals surface area (Å²) in [4.78, 5) is 25.9. The molecule has 0 spiro atoms. The highest BCUT2D eigenvalue weighted by molar-refractivity contribution is 9.10. The van der Waals surface area contributed by atoms with E-state index in [9.17, 15) is 9.59 Å². The molecule has 5 nitrogen and oxygen atoms in total. The summed E-state index contributed by atoms with van der Waals surface area (Å²) in [5, 5.41) is -0.303. The Morgan fingerprint density at radius 1 is 1.17 bits per heavy atom. The van der Waals surface area contributed by atoms with E-state index in [0.717, 1.165) is 26.7 Å². The van der Waals surface area contributed by atoms with E-state index in [1.54, 1.807) is 25.3 Å².